The van der Waals surface area contributed by atoms with Crippen molar-refractivity contribution in [1.29, 1.82) is 0 Å². The normalized spacial score (nSPS) is 21.0. The van der Waals surface area contributed by atoms with E-state index >= 15 is 0 Å². The van der Waals surface area contributed by atoms with Gasteiger partial charge in [-0.1, -0.05) is 13.3 Å². The van der Waals surface area contributed by atoms with Crippen LogP contribution >= 0.6 is 11.3 Å². The van der Waals surface area contributed by atoms with E-state index in [1.807, 2.05) is 0 Å². The van der Waals surface area contributed by atoms with E-state index in [1.54, 1.807) is 12.3 Å². The predicted molar refractivity (Wildman–Crippen MR) is 77.8 cm³/mol. The van der Waals surface area contributed by atoms with Gasteiger partial charge >= 0.3 is 5.97 Å². The summed E-state index contributed by atoms with van der Waals surface area (Å²) < 4.78 is 26.9. The number of thiophene rings is 1. The SMILES string of the molecule is CCC1CCCN(S(=O)(=O)c2c(C)csc2C(=O)O)C1. The number of hydrogen-bond acceptors (Lipinski definition) is 4. The highest BCUT2D eigenvalue weighted by Crippen LogP contribution is 2.32. The molecule has 1 atom stereocenters. The highest BCUT2D eigenvalue weighted by molar-refractivity contribution is 7.89. The zero-order valence-corrected chi connectivity index (χ0v) is 13.3. The van der Waals surface area contributed by atoms with Crippen LogP contribution < -0.4 is 0 Å². The summed E-state index contributed by atoms with van der Waals surface area (Å²) in [6.07, 6.45) is 2.82. The van der Waals surface area contributed by atoms with Crippen LogP contribution in [0.25, 0.3) is 0 Å². The average Bonchev–Trinajstić information content (AvgIpc) is 2.81. The van der Waals surface area contributed by atoms with Crippen molar-refractivity contribution in [3.63, 3.8) is 0 Å². The second kappa shape index (κ2) is 5.83. The average molecular weight is 317 g/mol. The van der Waals surface area contributed by atoms with Gasteiger partial charge in [0.1, 0.15) is 9.77 Å². The van der Waals surface area contributed by atoms with E-state index in [4.69, 9.17) is 5.11 Å². The summed E-state index contributed by atoms with van der Waals surface area (Å²) in [5.74, 6) is -0.809. The fourth-order valence-corrected chi connectivity index (χ4v) is 5.75. The third-order valence-corrected chi connectivity index (χ3v) is 7.04. The van der Waals surface area contributed by atoms with E-state index in [0.717, 1.165) is 30.6 Å². The first kappa shape index (κ1) is 15.5. The highest BCUT2D eigenvalue weighted by atomic mass is 32.2. The molecule has 0 aromatic carbocycles. The van der Waals surface area contributed by atoms with Crippen LogP contribution in [0.3, 0.4) is 0 Å². The van der Waals surface area contributed by atoms with Crippen molar-refractivity contribution in [1.82, 2.24) is 4.31 Å². The molecule has 1 aromatic rings. The fraction of sp³-hybridized carbons (Fsp3) is 0.615. The maximum atomic E-state index is 12.7. The molecule has 2 heterocycles. The first-order chi connectivity index (χ1) is 9.37. The number of rotatable bonds is 4. The summed E-state index contributed by atoms with van der Waals surface area (Å²) in [6, 6.07) is 0. The molecule has 1 N–H and O–H groups in total. The number of hydrogen-bond donors (Lipinski definition) is 1. The lowest BCUT2D eigenvalue weighted by molar-refractivity contribution is 0.0698. The van der Waals surface area contributed by atoms with Crippen molar-refractivity contribution < 1.29 is 18.3 Å². The molecule has 1 unspecified atom stereocenters. The molecule has 0 saturated carbocycles. The third kappa shape index (κ3) is 2.75. The summed E-state index contributed by atoms with van der Waals surface area (Å²) >= 11 is 0.976. The minimum absolute atomic E-state index is 0.0215. The topological polar surface area (TPSA) is 74.7 Å². The molecular formula is C13H19NO4S2. The van der Waals surface area contributed by atoms with E-state index in [2.05, 4.69) is 6.92 Å². The summed E-state index contributed by atoms with van der Waals surface area (Å²) in [6.45, 7) is 4.68. The number of piperidine rings is 1. The van der Waals surface area contributed by atoms with Crippen LogP contribution in [0, 0.1) is 12.8 Å². The number of sulfonamides is 1. The third-order valence-electron chi connectivity index (χ3n) is 3.77. The molecule has 0 bridgehead atoms. The number of carbonyl (C=O) groups is 1. The zero-order valence-electron chi connectivity index (χ0n) is 11.6. The Labute approximate surface area is 123 Å². The summed E-state index contributed by atoms with van der Waals surface area (Å²) in [4.78, 5) is 11.1. The Morgan fingerprint density at radius 3 is 2.85 bits per heavy atom. The molecule has 0 amide bonds. The van der Waals surface area contributed by atoms with E-state index in [1.165, 1.54) is 4.31 Å². The van der Waals surface area contributed by atoms with Crippen LogP contribution in [0.1, 0.15) is 41.4 Å². The molecule has 1 aliphatic heterocycles. The first-order valence-electron chi connectivity index (χ1n) is 6.69. The molecule has 0 aliphatic carbocycles. The molecule has 0 radical (unpaired) electrons. The molecular weight excluding hydrogens is 298 g/mol. The van der Waals surface area contributed by atoms with Gasteiger partial charge < -0.3 is 5.11 Å². The van der Waals surface area contributed by atoms with Crippen LogP contribution in [0.15, 0.2) is 10.3 Å². The standard InChI is InChI=1S/C13H19NO4S2/c1-3-10-5-4-6-14(7-10)20(17,18)12-9(2)8-19-11(12)13(15)16/h8,10H,3-7H2,1-2H3,(H,15,16). The molecule has 0 spiro atoms. The summed E-state index contributed by atoms with van der Waals surface area (Å²) in [5.41, 5.74) is 0.519. The zero-order chi connectivity index (χ0) is 14.9. The minimum Gasteiger partial charge on any atom is -0.477 e. The van der Waals surface area contributed by atoms with Gasteiger partial charge in [-0.2, -0.15) is 4.31 Å². The van der Waals surface area contributed by atoms with E-state index in [9.17, 15) is 13.2 Å². The molecule has 7 heteroatoms. The second-order valence-electron chi connectivity index (χ2n) is 5.16. The maximum absolute atomic E-state index is 12.7. The van der Waals surface area contributed by atoms with Crippen molar-refractivity contribution in [3.05, 3.63) is 15.8 Å². The van der Waals surface area contributed by atoms with Gasteiger partial charge in [-0.25, -0.2) is 13.2 Å². The van der Waals surface area contributed by atoms with Gasteiger partial charge in [-0.15, -0.1) is 11.3 Å². The van der Waals surface area contributed by atoms with Gasteiger partial charge in [0.15, 0.2) is 0 Å². The van der Waals surface area contributed by atoms with E-state index < -0.39 is 16.0 Å². The van der Waals surface area contributed by atoms with Crippen LogP contribution in [-0.2, 0) is 10.0 Å². The van der Waals surface area contributed by atoms with Crippen LogP contribution in [0.4, 0.5) is 0 Å². The van der Waals surface area contributed by atoms with E-state index in [0.29, 0.717) is 24.6 Å². The van der Waals surface area contributed by atoms with Gasteiger partial charge in [0.25, 0.3) is 0 Å². The minimum atomic E-state index is -3.71. The summed E-state index contributed by atoms with van der Waals surface area (Å²) in [5, 5.41) is 10.8. The number of carboxylic acid groups (broad SMARTS) is 1. The smallest absolute Gasteiger partial charge is 0.347 e. The number of nitrogens with zero attached hydrogens (tertiary/aromatic N) is 1. The molecule has 112 valence electrons. The Bertz CT molecular complexity index is 606. The Balaban J connectivity index is 2.40. The number of carboxylic acids is 1. The van der Waals surface area contributed by atoms with Gasteiger partial charge in [-0.3, -0.25) is 0 Å². The summed E-state index contributed by atoms with van der Waals surface area (Å²) in [7, 11) is -3.71. The van der Waals surface area contributed by atoms with Gasteiger partial charge in [0.2, 0.25) is 10.0 Å². The van der Waals surface area contributed by atoms with E-state index in [-0.39, 0.29) is 9.77 Å². The largest absolute Gasteiger partial charge is 0.477 e. The lowest BCUT2D eigenvalue weighted by Gasteiger charge is -2.31. The van der Waals surface area contributed by atoms with Crippen molar-refractivity contribution in [3.8, 4) is 0 Å². The predicted octanol–water partition coefficient (Wildman–Crippen LogP) is 2.57. The van der Waals surface area contributed by atoms with Crippen molar-refractivity contribution in [2.75, 3.05) is 13.1 Å². The Morgan fingerprint density at radius 1 is 1.55 bits per heavy atom. The number of aryl methyl sites for hydroxylation is 1. The first-order valence-corrected chi connectivity index (χ1v) is 9.01. The molecule has 1 fully saturated rings. The molecule has 20 heavy (non-hydrogen) atoms. The number of aromatic carboxylic acids is 1. The van der Waals surface area contributed by atoms with Gasteiger partial charge in [-0.05, 0) is 36.6 Å². The monoisotopic (exact) mass is 317 g/mol. The Kier molecular flexibility index (Phi) is 4.51. The van der Waals surface area contributed by atoms with Crippen LogP contribution in [-0.4, -0.2) is 36.9 Å². The Hall–Kier alpha value is -0.920. The van der Waals surface area contributed by atoms with Crippen LogP contribution in [0.2, 0.25) is 0 Å². The van der Waals surface area contributed by atoms with Crippen molar-refractivity contribution >= 4 is 27.3 Å². The molecule has 5 nitrogen and oxygen atoms in total. The lowest BCUT2D eigenvalue weighted by Crippen LogP contribution is -2.40. The highest BCUT2D eigenvalue weighted by Gasteiger charge is 2.34. The van der Waals surface area contributed by atoms with Crippen molar-refractivity contribution in [2.45, 2.75) is 38.0 Å². The maximum Gasteiger partial charge on any atom is 0.347 e. The quantitative estimate of drug-likeness (QED) is 0.926. The van der Waals surface area contributed by atoms with Gasteiger partial charge in [0.05, 0.1) is 0 Å². The van der Waals surface area contributed by atoms with Crippen molar-refractivity contribution in [2.24, 2.45) is 5.92 Å². The lowest BCUT2D eigenvalue weighted by atomic mass is 9.97. The molecule has 1 saturated heterocycles. The second-order valence-corrected chi connectivity index (χ2v) is 7.92. The fourth-order valence-electron chi connectivity index (χ4n) is 2.61. The molecule has 1 aromatic heterocycles. The molecule has 2 rings (SSSR count). The van der Waals surface area contributed by atoms with Gasteiger partial charge in [0, 0.05) is 13.1 Å². The molecule has 1 aliphatic rings. The van der Waals surface area contributed by atoms with Crippen LogP contribution in [0.5, 0.6) is 0 Å². The Morgan fingerprint density at radius 2 is 2.25 bits per heavy atom.